The fourth-order valence-corrected chi connectivity index (χ4v) is 3.17. The molecule has 6 heteroatoms. The number of halogens is 1. The minimum Gasteiger partial charge on any atom is -0.493 e. The summed E-state index contributed by atoms with van der Waals surface area (Å²) in [7, 11) is 3.50. The minimum absolute atomic E-state index is 0.113. The van der Waals surface area contributed by atoms with Crippen molar-refractivity contribution in [1.29, 1.82) is 0 Å². The minimum atomic E-state index is -0.338. The molecule has 0 saturated heterocycles. The average Bonchev–Trinajstić information content (AvgIpc) is 2.60. The first-order chi connectivity index (χ1) is 11.6. The standard InChI is InChI=1S/C18H19ClN2O3/c1-4-24-16-13(19)9-11(10-15(16)23-3)17-20-18(22)12-7-5-6-8-14(12)21(17)2/h5-10,17H,4H2,1-3H3,(H,20,22). The van der Waals surface area contributed by atoms with Gasteiger partial charge in [-0.1, -0.05) is 23.7 Å². The average molecular weight is 347 g/mol. The summed E-state index contributed by atoms with van der Waals surface area (Å²) in [6.45, 7) is 2.37. The van der Waals surface area contributed by atoms with E-state index in [2.05, 4.69) is 5.32 Å². The zero-order chi connectivity index (χ0) is 17.3. The summed E-state index contributed by atoms with van der Waals surface area (Å²) >= 11 is 6.36. The lowest BCUT2D eigenvalue weighted by atomic mass is 10.0. The molecule has 1 N–H and O–H groups in total. The molecule has 24 heavy (non-hydrogen) atoms. The van der Waals surface area contributed by atoms with Crippen molar-refractivity contribution < 1.29 is 14.3 Å². The Morgan fingerprint density at radius 2 is 2.04 bits per heavy atom. The molecule has 1 unspecified atom stereocenters. The van der Waals surface area contributed by atoms with E-state index in [4.69, 9.17) is 21.1 Å². The summed E-state index contributed by atoms with van der Waals surface area (Å²) in [6, 6.07) is 11.1. The maximum atomic E-state index is 12.4. The molecular formula is C18H19ClN2O3. The van der Waals surface area contributed by atoms with Crippen LogP contribution in [0, 0.1) is 0 Å². The molecule has 0 radical (unpaired) electrons. The van der Waals surface area contributed by atoms with Crippen LogP contribution in [0.25, 0.3) is 0 Å². The van der Waals surface area contributed by atoms with E-state index >= 15 is 0 Å². The van der Waals surface area contributed by atoms with Crippen molar-refractivity contribution >= 4 is 23.2 Å². The van der Waals surface area contributed by atoms with Gasteiger partial charge in [0, 0.05) is 12.6 Å². The van der Waals surface area contributed by atoms with Crippen LogP contribution in [0.15, 0.2) is 36.4 Å². The monoisotopic (exact) mass is 346 g/mol. The van der Waals surface area contributed by atoms with Crippen molar-refractivity contribution in [1.82, 2.24) is 5.32 Å². The highest BCUT2D eigenvalue weighted by Gasteiger charge is 2.30. The number of para-hydroxylation sites is 1. The van der Waals surface area contributed by atoms with Crippen LogP contribution in [0.3, 0.4) is 0 Å². The van der Waals surface area contributed by atoms with Gasteiger partial charge in [0.25, 0.3) is 5.91 Å². The zero-order valence-corrected chi connectivity index (χ0v) is 14.6. The quantitative estimate of drug-likeness (QED) is 0.918. The van der Waals surface area contributed by atoms with Crippen molar-refractivity contribution in [3.05, 3.63) is 52.5 Å². The Hall–Kier alpha value is -2.40. The van der Waals surface area contributed by atoms with Gasteiger partial charge in [0.1, 0.15) is 6.17 Å². The second kappa shape index (κ2) is 6.61. The fourth-order valence-electron chi connectivity index (χ4n) is 2.90. The van der Waals surface area contributed by atoms with Gasteiger partial charge in [-0.25, -0.2) is 0 Å². The number of hydrogen-bond donors (Lipinski definition) is 1. The molecule has 0 saturated carbocycles. The molecule has 1 atom stereocenters. The van der Waals surface area contributed by atoms with Crippen LogP contribution in [0.2, 0.25) is 5.02 Å². The molecule has 2 aromatic carbocycles. The van der Waals surface area contributed by atoms with Crippen molar-refractivity contribution in [2.24, 2.45) is 0 Å². The number of anilines is 1. The van der Waals surface area contributed by atoms with Gasteiger partial charge in [0.05, 0.1) is 30.0 Å². The first-order valence-electron chi connectivity index (χ1n) is 7.69. The van der Waals surface area contributed by atoms with Crippen LogP contribution in [0.5, 0.6) is 11.5 Å². The molecule has 0 aromatic heterocycles. The molecule has 3 rings (SSSR count). The summed E-state index contributed by atoms with van der Waals surface area (Å²) in [5, 5.41) is 3.45. The third-order valence-electron chi connectivity index (χ3n) is 4.04. The molecule has 0 spiro atoms. The molecule has 1 heterocycles. The van der Waals surface area contributed by atoms with Crippen LogP contribution in [-0.4, -0.2) is 26.7 Å². The Labute approximate surface area is 146 Å². The summed E-state index contributed by atoms with van der Waals surface area (Å²) in [6.07, 6.45) is -0.338. The van der Waals surface area contributed by atoms with E-state index in [9.17, 15) is 4.79 Å². The van der Waals surface area contributed by atoms with Crippen molar-refractivity contribution in [2.75, 3.05) is 25.7 Å². The molecule has 1 amide bonds. The Balaban J connectivity index is 2.04. The van der Waals surface area contributed by atoms with E-state index in [1.54, 1.807) is 13.2 Å². The van der Waals surface area contributed by atoms with E-state index in [-0.39, 0.29) is 12.1 Å². The number of hydrogen-bond acceptors (Lipinski definition) is 4. The van der Waals surface area contributed by atoms with E-state index < -0.39 is 0 Å². The van der Waals surface area contributed by atoms with Gasteiger partial charge in [-0.3, -0.25) is 4.79 Å². The summed E-state index contributed by atoms with van der Waals surface area (Å²) < 4.78 is 10.9. The normalized spacial score (nSPS) is 16.4. The smallest absolute Gasteiger partial charge is 0.255 e. The van der Waals surface area contributed by atoms with Crippen molar-refractivity contribution in [3.63, 3.8) is 0 Å². The lowest BCUT2D eigenvalue weighted by molar-refractivity contribution is 0.0928. The number of nitrogens with zero attached hydrogens (tertiary/aromatic N) is 1. The Morgan fingerprint density at radius 1 is 1.29 bits per heavy atom. The lowest BCUT2D eigenvalue weighted by Crippen LogP contribution is -2.44. The SMILES string of the molecule is CCOc1c(Cl)cc(C2NC(=O)c3ccccc3N2C)cc1OC. The number of methoxy groups -OCH3 is 1. The highest BCUT2D eigenvalue weighted by atomic mass is 35.5. The van der Waals surface area contributed by atoms with Crippen LogP contribution < -0.4 is 19.7 Å². The zero-order valence-electron chi connectivity index (χ0n) is 13.8. The van der Waals surface area contributed by atoms with Crippen molar-refractivity contribution in [2.45, 2.75) is 13.1 Å². The molecule has 1 aliphatic rings. The third-order valence-corrected chi connectivity index (χ3v) is 4.32. The highest BCUT2D eigenvalue weighted by molar-refractivity contribution is 6.32. The molecule has 126 valence electrons. The number of benzene rings is 2. The van der Waals surface area contributed by atoms with Gasteiger partial charge in [0.15, 0.2) is 11.5 Å². The Morgan fingerprint density at radius 3 is 2.75 bits per heavy atom. The van der Waals surface area contributed by atoms with E-state index in [0.29, 0.717) is 28.7 Å². The van der Waals surface area contributed by atoms with Crippen molar-refractivity contribution in [3.8, 4) is 11.5 Å². The number of carbonyl (C=O) groups excluding carboxylic acids is 1. The van der Waals surface area contributed by atoms with E-state index in [1.807, 2.05) is 49.2 Å². The number of rotatable bonds is 4. The number of nitrogens with one attached hydrogen (secondary N) is 1. The Kier molecular flexibility index (Phi) is 4.53. The predicted octanol–water partition coefficient (Wildman–Crippen LogP) is 3.63. The lowest BCUT2D eigenvalue weighted by Gasteiger charge is -2.36. The van der Waals surface area contributed by atoms with Gasteiger partial charge in [-0.15, -0.1) is 0 Å². The second-order valence-corrected chi connectivity index (χ2v) is 5.88. The first kappa shape index (κ1) is 16.5. The molecule has 5 nitrogen and oxygen atoms in total. The van der Waals surface area contributed by atoms with Crippen LogP contribution in [-0.2, 0) is 0 Å². The summed E-state index contributed by atoms with van der Waals surface area (Å²) in [4.78, 5) is 14.4. The first-order valence-corrected chi connectivity index (χ1v) is 8.07. The van der Waals surface area contributed by atoms with Gasteiger partial charge in [0.2, 0.25) is 0 Å². The van der Waals surface area contributed by atoms with E-state index in [1.165, 1.54) is 0 Å². The molecule has 0 fully saturated rings. The van der Waals surface area contributed by atoms with Crippen LogP contribution in [0.1, 0.15) is 29.0 Å². The topological polar surface area (TPSA) is 50.8 Å². The largest absolute Gasteiger partial charge is 0.493 e. The van der Waals surface area contributed by atoms with Gasteiger partial charge < -0.3 is 19.7 Å². The molecule has 0 bridgehead atoms. The predicted molar refractivity (Wildman–Crippen MR) is 94.2 cm³/mol. The summed E-state index contributed by atoms with van der Waals surface area (Å²) in [5.41, 5.74) is 2.35. The number of amides is 1. The van der Waals surface area contributed by atoms with E-state index in [0.717, 1.165) is 11.3 Å². The fraction of sp³-hybridized carbons (Fsp3) is 0.278. The van der Waals surface area contributed by atoms with Crippen LogP contribution in [0.4, 0.5) is 5.69 Å². The van der Waals surface area contributed by atoms with Gasteiger partial charge in [-0.05, 0) is 31.2 Å². The molecule has 0 aliphatic carbocycles. The number of carbonyl (C=O) groups is 1. The molecule has 1 aliphatic heterocycles. The maximum Gasteiger partial charge on any atom is 0.255 e. The number of fused-ring (bicyclic) bond motifs is 1. The Bertz CT molecular complexity index is 779. The highest BCUT2D eigenvalue weighted by Crippen LogP contribution is 2.40. The van der Waals surface area contributed by atoms with Gasteiger partial charge >= 0.3 is 0 Å². The molecular weight excluding hydrogens is 328 g/mol. The summed E-state index contributed by atoms with van der Waals surface area (Å²) in [5.74, 6) is 0.939. The number of ether oxygens (including phenoxy) is 2. The maximum absolute atomic E-state index is 12.4. The molecule has 2 aromatic rings. The van der Waals surface area contributed by atoms with Gasteiger partial charge in [-0.2, -0.15) is 0 Å². The third kappa shape index (κ3) is 2.76. The van der Waals surface area contributed by atoms with Crippen LogP contribution >= 0.6 is 11.6 Å². The second-order valence-electron chi connectivity index (χ2n) is 5.47.